The van der Waals surface area contributed by atoms with Crippen molar-refractivity contribution in [2.45, 2.75) is 39.3 Å². The Morgan fingerprint density at radius 3 is 2.69 bits per heavy atom. The molecule has 4 rings (SSSR count). The Morgan fingerprint density at radius 1 is 1.24 bits per heavy atom. The van der Waals surface area contributed by atoms with Gasteiger partial charge in [0, 0.05) is 11.6 Å². The van der Waals surface area contributed by atoms with Gasteiger partial charge in [0.25, 0.3) is 0 Å². The third-order valence-electron chi connectivity index (χ3n) is 5.07. The molecule has 1 N–H and O–H groups in total. The van der Waals surface area contributed by atoms with Gasteiger partial charge in [0.05, 0.1) is 12.6 Å². The predicted octanol–water partition coefficient (Wildman–Crippen LogP) is 4.61. The van der Waals surface area contributed by atoms with Gasteiger partial charge >= 0.3 is 6.03 Å². The highest BCUT2D eigenvalue weighted by Gasteiger charge is 2.35. The van der Waals surface area contributed by atoms with Crippen LogP contribution in [0, 0.1) is 13.8 Å². The van der Waals surface area contributed by atoms with Gasteiger partial charge in [0.15, 0.2) is 11.6 Å². The lowest BCUT2D eigenvalue weighted by Crippen LogP contribution is -2.35. The van der Waals surface area contributed by atoms with E-state index in [1.54, 1.807) is 18.7 Å². The van der Waals surface area contributed by atoms with Crippen LogP contribution in [0.2, 0.25) is 10.3 Å². The maximum Gasteiger partial charge on any atom is 0.322 e. The van der Waals surface area contributed by atoms with Crippen molar-refractivity contribution in [1.82, 2.24) is 24.8 Å². The maximum absolute atomic E-state index is 13.0. The molecule has 1 aliphatic heterocycles. The van der Waals surface area contributed by atoms with Crippen LogP contribution in [-0.2, 0) is 6.54 Å². The Hall–Kier alpha value is -2.58. The molecule has 0 radical (unpaired) electrons. The molecule has 1 aliphatic rings. The van der Waals surface area contributed by atoms with E-state index in [9.17, 15) is 4.79 Å². The second-order valence-corrected chi connectivity index (χ2v) is 7.80. The van der Waals surface area contributed by atoms with Gasteiger partial charge in [-0.2, -0.15) is 0 Å². The van der Waals surface area contributed by atoms with E-state index in [0.717, 1.165) is 18.4 Å². The lowest BCUT2D eigenvalue weighted by Gasteiger charge is -2.24. The molecule has 1 saturated heterocycles. The molecule has 3 heterocycles. The summed E-state index contributed by atoms with van der Waals surface area (Å²) in [6.07, 6.45) is 1.65. The average Bonchev–Trinajstić information content (AvgIpc) is 3.40. The molecule has 2 amide bonds. The van der Waals surface area contributed by atoms with Crippen molar-refractivity contribution in [3.8, 4) is 0 Å². The quantitative estimate of drug-likeness (QED) is 0.647. The number of hydrogen-bond acceptors (Lipinski definition) is 5. The van der Waals surface area contributed by atoms with Crippen molar-refractivity contribution < 1.29 is 9.32 Å². The molecule has 0 spiro atoms. The standard InChI is InChI=1S/C19H20Cl2N6O2/c1-11-16(12(2)29-25-11)22-19(28)26-9-3-4-15(26)17-23-24-18(21)27(17)10-13-5-7-14(20)8-6-13/h5-8,15H,3-4,9-10H2,1-2H3,(H,22,28)/t15-/m1/s1. The number of carbonyl (C=O) groups is 1. The molecule has 0 saturated carbocycles. The van der Waals surface area contributed by atoms with Gasteiger partial charge in [-0.3, -0.25) is 4.57 Å². The summed E-state index contributed by atoms with van der Waals surface area (Å²) in [5.41, 5.74) is 2.25. The molecule has 0 bridgehead atoms. The van der Waals surface area contributed by atoms with E-state index in [4.69, 9.17) is 27.7 Å². The number of aryl methyl sites for hydroxylation is 2. The third kappa shape index (κ3) is 3.95. The fraction of sp³-hybridized carbons (Fsp3) is 0.368. The van der Waals surface area contributed by atoms with E-state index in [-0.39, 0.29) is 17.4 Å². The topological polar surface area (TPSA) is 89.1 Å². The van der Waals surface area contributed by atoms with E-state index >= 15 is 0 Å². The number of nitrogens with zero attached hydrogens (tertiary/aromatic N) is 5. The fourth-order valence-electron chi connectivity index (χ4n) is 3.58. The Morgan fingerprint density at radius 2 is 2.00 bits per heavy atom. The van der Waals surface area contributed by atoms with Gasteiger partial charge in [0.2, 0.25) is 5.28 Å². The van der Waals surface area contributed by atoms with Crippen LogP contribution in [0.3, 0.4) is 0 Å². The van der Waals surface area contributed by atoms with Crippen LogP contribution in [0.15, 0.2) is 28.8 Å². The maximum atomic E-state index is 13.0. The second kappa shape index (κ2) is 8.04. The van der Waals surface area contributed by atoms with Crippen molar-refractivity contribution in [3.05, 3.63) is 57.4 Å². The molecule has 2 aromatic heterocycles. The molecule has 1 aromatic carbocycles. The lowest BCUT2D eigenvalue weighted by molar-refractivity contribution is 0.204. The molecule has 0 aliphatic carbocycles. The number of aromatic nitrogens is 4. The molecule has 0 unspecified atom stereocenters. The summed E-state index contributed by atoms with van der Waals surface area (Å²) in [4.78, 5) is 14.7. The lowest BCUT2D eigenvalue weighted by atomic mass is 10.2. The largest absolute Gasteiger partial charge is 0.359 e. The number of rotatable bonds is 4. The van der Waals surface area contributed by atoms with Crippen molar-refractivity contribution in [2.24, 2.45) is 0 Å². The first-order valence-corrected chi connectivity index (χ1v) is 10.0. The summed E-state index contributed by atoms with van der Waals surface area (Å²) < 4.78 is 6.96. The number of amides is 2. The minimum atomic E-state index is -0.223. The molecule has 152 valence electrons. The number of anilines is 1. The van der Waals surface area contributed by atoms with Crippen LogP contribution in [-0.4, -0.2) is 37.4 Å². The van der Waals surface area contributed by atoms with Crippen LogP contribution in [0.1, 0.15) is 41.7 Å². The molecule has 29 heavy (non-hydrogen) atoms. The molecular formula is C19H20Cl2N6O2. The SMILES string of the molecule is Cc1noc(C)c1NC(=O)N1CCC[C@@H]1c1nnc(Cl)n1Cc1ccc(Cl)cc1. The number of hydrogen-bond donors (Lipinski definition) is 1. The third-order valence-corrected chi connectivity index (χ3v) is 5.60. The summed E-state index contributed by atoms with van der Waals surface area (Å²) in [6.45, 7) is 4.66. The molecular weight excluding hydrogens is 415 g/mol. The summed E-state index contributed by atoms with van der Waals surface area (Å²) in [5.74, 6) is 1.23. The number of urea groups is 1. The molecule has 3 aromatic rings. The number of halogens is 2. The minimum absolute atomic E-state index is 0.220. The first-order valence-electron chi connectivity index (χ1n) is 9.27. The van der Waals surface area contributed by atoms with Crippen molar-refractivity contribution in [1.29, 1.82) is 0 Å². The number of carbonyl (C=O) groups excluding carboxylic acids is 1. The summed E-state index contributed by atoms with van der Waals surface area (Å²) in [5, 5.41) is 16.1. The molecule has 8 nitrogen and oxygen atoms in total. The zero-order valence-electron chi connectivity index (χ0n) is 16.0. The predicted molar refractivity (Wildman–Crippen MR) is 109 cm³/mol. The smallest absolute Gasteiger partial charge is 0.322 e. The summed E-state index contributed by atoms with van der Waals surface area (Å²) >= 11 is 12.3. The fourth-order valence-corrected chi connectivity index (χ4v) is 3.89. The van der Waals surface area contributed by atoms with Crippen molar-refractivity contribution in [2.75, 3.05) is 11.9 Å². The van der Waals surface area contributed by atoms with Crippen LogP contribution < -0.4 is 5.32 Å². The van der Waals surface area contributed by atoms with Crippen LogP contribution in [0.4, 0.5) is 10.5 Å². The minimum Gasteiger partial charge on any atom is -0.359 e. The van der Waals surface area contributed by atoms with Gasteiger partial charge < -0.3 is 14.7 Å². The zero-order chi connectivity index (χ0) is 20.5. The first-order chi connectivity index (χ1) is 13.9. The zero-order valence-corrected chi connectivity index (χ0v) is 17.5. The van der Waals surface area contributed by atoms with Crippen molar-refractivity contribution >= 4 is 34.9 Å². The van der Waals surface area contributed by atoms with Crippen molar-refractivity contribution in [3.63, 3.8) is 0 Å². The highest BCUT2D eigenvalue weighted by molar-refractivity contribution is 6.30. The number of benzene rings is 1. The van der Waals surface area contributed by atoms with E-state index < -0.39 is 0 Å². The Labute approximate surface area is 177 Å². The van der Waals surface area contributed by atoms with Gasteiger partial charge in [-0.25, -0.2) is 4.79 Å². The monoisotopic (exact) mass is 434 g/mol. The van der Waals surface area contributed by atoms with Crippen LogP contribution in [0.5, 0.6) is 0 Å². The Bertz CT molecular complexity index is 1010. The number of nitrogens with one attached hydrogen (secondary N) is 1. The van der Waals surface area contributed by atoms with Crippen LogP contribution >= 0.6 is 23.2 Å². The summed E-state index contributed by atoms with van der Waals surface area (Å²) in [6, 6.07) is 7.07. The van der Waals surface area contributed by atoms with E-state index in [1.807, 2.05) is 28.8 Å². The summed E-state index contributed by atoms with van der Waals surface area (Å²) in [7, 11) is 0. The van der Waals surface area contributed by atoms with Crippen LogP contribution in [0.25, 0.3) is 0 Å². The normalized spacial score (nSPS) is 16.4. The van der Waals surface area contributed by atoms with E-state index in [0.29, 0.717) is 41.1 Å². The first kappa shape index (κ1) is 19.7. The van der Waals surface area contributed by atoms with Gasteiger partial charge in [-0.15, -0.1) is 10.2 Å². The van der Waals surface area contributed by atoms with Gasteiger partial charge in [-0.05, 0) is 56.0 Å². The Kier molecular flexibility index (Phi) is 5.47. The van der Waals surface area contributed by atoms with E-state index in [2.05, 4.69) is 20.7 Å². The number of likely N-dealkylation sites (tertiary alicyclic amines) is 1. The average molecular weight is 435 g/mol. The highest BCUT2D eigenvalue weighted by Crippen LogP contribution is 2.33. The van der Waals surface area contributed by atoms with Gasteiger partial charge in [0.1, 0.15) is 11.4 Å². The molecule has 1 fully saturated rings. The van der Waals surface area contributed by atoms with E-state index in [1.165, 1.54) is 0 Å². The highest BCUT2D eigenvalue weighted by atomic mass is 35.5. The van der Waals surface area contributed by atoms with Gasteiger partial charge in [-0.1, -0.05) is 28.9 Å². The molecule has 10 heteroatoms. The Balaban J connectivity index is 1.57. The molecule has 1 atom stereocenters. The second-order valence-electron chi connectivity index (χ2n) is 7.02.